The minimum Gasteiger partial charge on any atom is -0.207 e. The maximum atomic E-state index is 12.6. The third-order valence-electron chi connectivity index (χ3n) is 3.59. The Labute approximate surface area is 113 Å². The topological polar surface area (TPSA) is 37.4 Å². The first-order valence-corrected chi connectivity index (χ1v) is 8.07. The quantitative estimate of drug-likeness (QED) is 0.860. The number of nitrogens with zero attached hydrogens (tertiary/aromatic N) is 1. The van der Waals surface area contributed by atoms with Crippen molar-refractivity contribution in [2.24, 2.45) is 0 Å². The Bertz CT molecular complexity index is 705. The number of hydrogen-bond donors (Lipinski definition) is 0. The number of benzene rings is 2. The van der Waals surface area contributed by atoms with E-state index in [0.717, 1.165) is 23.6 Å². The molecule has 0 bridgehead atoms. The lowest BCUT2D eigenvalue weighted by Crippen LogP contribution is -2.32. The largest absolute Gasteiger partial charge is 0.243 e. The van der Waals surface area contributed by atoms with E-state index >= 15 is 0 Å². The van der Waals surface area contributed by atoms with Crippen LogP contribution in [0, 0.1) is 0 Å². The summed E-state index contributed by atoms with van der Waals surface area (Å²) in [5.41, 5.74) is 0. The van der Waals surface area contributed by atoms with Crippen molar-refractivity contribution in [2.75, 3.05) is 6.54 Å². The van der Waals surface area contributed by atoms with E-state index < -0.39 is 10.0 Å². The number of sulfonamides is 1. The van der Waals surface area contributed by atoms with Gasteiger partial charge < -0.3 is 0 Å². The SMILES string of the molecule is CCN(C1CC1)S(=O)(=O)c1ccc2ccccc2c1. The molecule has 0 amide bonds. The van der Waals surface area contributed by atoms with Crippen LogP contribution in [-0.4, -0.2) is 25.3 Å². The first-order valence-electron chi connectivity index (χ1n) is 6.63. The number of rotatable bonds is 4. The van der Waals surface area contributed by atoms with Gasteiger partial charge >= 0.3 is 0 Å². The van der Waals surface area contributed by atoms with Crippen molar-refractivity contribution in [3.05, 3.63) is 42.5 Å². The van der Waals surface area contributed by atoms with E-state index in [9.17, 15) is 8.42 Å². The van der Waals surface area contributed by atoms with Crippen LogP contribution in [0.2, 0.25) is 0 Å². The van der Waals surface area contributed by atoms with Crippen LogP contribution in [0.4, 0.5) is 0 Å². The van der Waals surface area contributed by atoms with Gasteiger partial charge in [-0.3, -0.25) is 0 Å². The van der Waals surface area contributed by atoms with Crippen LogP contribution in [0.3, 0.4) is 0 Å². The number of hydrogen-bond acceptors (Lipinski definition) is 2. The molecule has 3 rings (SSSR count). The molecule has 100 valence electrons. The van der Waals surface area contributed by atoms with Crippen molar-refractivity contribution in [3.63, 3.8) is 0 Å². The molecule has 1 aliphatic carbocycles. The molecule has 0 N–H and O–H groups in total. The Morgan fingerprint density at radius 2 is 1.79 bits per heavy atom. The molecule has 0 spiro atoms. The van der Waals surface area contributed by atoms with Gasteiger partial charge in [-0.1, -0.05) is 37.3 Å². The average molecular weight is 275 g/mol. The van der Waals surface area contributed by atoms with Crippen molar-refractivity contribution in [3.8, 4) is 0 Å². The van der Waals surface area contributed by atoms with Crippen molar-refractivity contribution in [2.45, 2.75) is 30.7 Å². The molecular formula is C15H17NO2S. The Morgan fingerprint density at radius 1 is 1.11 bits per heavy atom. The molecule has 0 heterocycles. The summed E-state index contributed by atoms with van der Waals surface area (Å²) in [5.74, 6) is 0. The summed E-state index contributed by atoms with van der Waals surface area (Å²) in [4.78, 5) is 0.403. The lowest BCUT2D eigenvalue weighted by molar-refractivity contribution is 0.421. The minimum atomic E-state index is -3.35. The molecule has 0 aromatic heterocycles. The van der Waals surface area contributed by atoms with Gasteiger partial charge in [0.2, 0.25) is 10.0 Å². The predicted octanol–water partition coefficient (Wildman–Crippen LogP) is 3.01. The Balaban J connectivity index is 2.07. The molecular weight excluding hydrogens is 258 g/mol. The average Bonchev–Trinajstić information content (AvgIpc) is 3.23. The van der Waals surface area contributed by atoms with E-state index in [4.69, 9.17) is 0 Å². The van der Waals surface area contributed by atoms with Gasteiger partial charge in [-0.2, -0.15) is 4.31 Å². The van der Waals surface area contributed by atoms with E-state index in [1.807, 2.05) is 37.3 Å². The smallest absolute Gasteiger partial charge is 0.207 e. The molecule has 0 saturated heterocycles. The van der Waals surface area contributed by atoms with Gasteiger partial charge in [0.1, 0.15) is 0 Å². The van der Waals surface area contributed by atoms with Gasteiger partial charge in [0.25, 0.3) is 0 Å². The van der Waals surface area contributed by atoms with Crippen LogP contribution in [0.15, 0.2) is 47.4 Å². The second-order valence-electron chi connectivity index (χ2n) is 4.95. The lowest BCUT2D eigenvalue weighted by atomic mass is 10.1. The molecule has 3 nitrogen and oxygen atoms in total. The second kappa shape index (κ2) is 4.62. The molecule has 2 aromatic carbocycles. The van der Waals surface area contributed by atoms with E-state index in [-0.39, 0.29) is 6.04 Å². The van der Waals surface area contributed by atoms with E-state index in [1.165, 1.54) is 0 Å². The zero-order chi connectivity index (χ0) is 13.5. The molecule has 1 aliphatic rings. The zero-order valence-corrected chi connectivity index (χ0v) is 11.7. The predicted molar refractivity (Wildman–Crippen MR) is 76.5 cm³/mol. The third-order valence-corrected chi connectivity index (χ3v) is 5.62. The van der Waals surface area contributed by atoms with Crippen LogP contribution in [-0.2, 0) is 10.0 Å². The Hall–Kier alpha value is -1.39. The van der Waals surface area contributed by atoms with Gasteiger partial charge in [0.15, 0.2) is 0 Å². The molecule has 1 saturated carbocycles. The summed E-state index contributed by atoms with van der Waals surface area (Å²) < 4.78 is 26.9. The van der Waals surface area contributed by atoms with Gasteiger partial charge in [-0.25, -0.2) is 8.42 Å². The van der Waals surface area contributed by atoms with Crippen molar-refractivity contribution in [1.82, 2.24) is 4.31 Å². The summed E-state index contributed by atoms with van der Waals surface area (Å²) in [6.07, 6.45) is 1.97. The van der Waals surface area contributed by atoms with Crippen LogP contribution >= 0.6 is 0 Å². The van der Waals surface area contributed by atoms with Gasteiger partial charge in [0.05, 0.1) is 4.90 Å². The highest BCUT2D eigenvalue weighted by atomic mass is 32.2. The monoisotopic (exact) mass is 275 g/mol. The van der Waals surface area contributed by atoms with Gasteiger partial charge in [0, 0.05) is 12.6 Å². The van der Waals surface area contributed by atoms with Crippen molar-refractivity contribution < 1.29 is 8.42 Å². The molecule has 0 aliphatic heterocycles. The molecule has 2 aromatic rings. The van der Waals surface area contributed by atoms with Crippen molar-refractivity contribution in [1.29, 1.82) is 0 Å². The van der Waals surface area contributed by atoms with Crippen LogP contribution in [0.5, 0.6) is 0 Å². The highest BCUT2D eigenvalue weighted by Crippen LogP contribution is 2.32. The summed E-state index contributed by atoms with van der Waals surface area (Å²) >= 11 is 0. The summed E-state index contributed by atoms with van der Waals surface area (Å²) in [7, 11) is -3.35. The van der Waals surface area contributed by atoms with E-state index in [1.54, 1.807) is 16.4 Å². The lowest BCUT2D eigenvalue weighted by Gasteiger charge is -2.20. The third kappa shape index (κ3) is 2.26. The molecule has 19 heavy (non-hydrogen) atoms. The molecule has 0 atom stereocenters. The maximum absolute atomic E-state index is 12.6. The summed E-state index contributed by atoms with van der Waals surface area (Å²) in [5, 5.41) is 2.03. The van der Waals surface area contributed by atoms with Crippen molar-refractivity contribution >= 4 is 20.8 Å². The molecule has 1 fully saturated rings. The van der Waals surface area contributed by atoms with Crippen LogP contribution in [0.1, 0.15) is 19.8 Å². The van der Waals surface area contributed by atoms with Crippen LogP contribution in [0.25, 0.3) is 10.8 Å². The van der Waals surface area contributed by atoms with Gasteiger partial charge in [-0.05, 0) is 35.7 Å². The maximum Gasteiger partial charge on any atom is 0.243 e. The first kappa shape index (κ1) is 12.6. The minimum absolute atomic E-state index is 0.210. The number of fused-ring (bicyclic) bond motifs is 1. The molecule has 4 heteroatoms. The Kier molecular flexibility index (Phi) is 3.07. The van der Waals surface area contributed by atoms with Crippen LogP contribution < -0.4 is 0 Å². The Morgan fingerprint density at radius 3 is 2.42 bits per heavy atom. The van der Waals surface area contributed by atoms with Gasteiger partial charge in [-0.15, -0.1) is 0 Å². The second-order valence-corrected chi connectivity index (χ2v) is 6.84. The molecule has 0 radical (unpaired) electrons. The fraction of sp³-hybridized carbons (Fsp3) is 0.333. The van der Waals surface area contributed by atoms with E-state index in [0.29, 0.717) is 11.4 Å². The zero-order valence-electron chi connectivity index (χ0n) is 10.9. The van der Waals surface area contributed by atoms with E-state index in [2.05, 4.69) is 0 Å². The highest BCUT2D eigenvalue weighted by molar-refractivity contribution is 7.89. The molecule has 0 unspecified atom stereocenters. The normalized spacial score (nSPS) is 16.1. The fourth-order valence-electron chi connectivity index (χ4n) is 2.45. The first-order chi connectivity index (χ1) is 9.13. The fourth-order valence-corrected chi connectivity index (χ4v) is 4.18. The summed E-state index contributed by atoms with van der Waals surface area (Å²) in [6, 6.07) is 13.4. The standard InChI is InChI=1S/C15H17NO2S/c1-2-16(14-8-9-14)19(17,18)15-10-7-12-5-3-4-6-13(12)11-15/h3-7,10-11,14H,2,8-9H2,1H3. The highest BCUT2D eigenvalue weighted by Gasteiger charge is 2.36. The summed E-state index contributed by atoms with van der Waals surface area (Å²) in [6.45, 7) is 2.44.